The number of terminal acetylenes is 1. The van der Waals surface area contributed by atoms with Crippen molar-refractivity contribution in [2.45, 2.75) is 13.3 Å². The maximum atomic E-state index is 11.6. The summed E-state index contributed by atoms with van der Waals surface area (Å²) in [7, 11) is 0. The summed E-state index contributed by atoms with van der Waals surface area (Å²) >= 11 is 0. The zero-order chi connectivity index (χ0) is 10.8. The lowest BCUT2D eigenvalue weighted by Gasteiger charge is -2.04. The molecule has 1 N–H and O–H groups in total. The molecular formula is C13H13NO. The number of nitrogens with one attached hydrogen (secondary N) is 1. The average molecular weight is 199 g/mol. The lowest BCUT2D eigenvalue weighted by Crippen LogP contribution is -2.14. The lowest BCUT2D eigenvalue weighted by atomic mass is 10.2. The summed E-state index contributed by atoms with van der Waals surface area (Å²) in [6.07, 6.45) is 6.28. The highest BCUT2D eigenvalue weighted by molar-refractivity contribution is 5.94. The van der Waals surface area contributed by atoms with Gasteiger partial charge in [-0.25, -0.2) is 0 Å². The van der Waals surface area contributed by atoms with Crippen LogP contribution in [0.4, 0.5) is 5.69 Å². The zero-order valence-electron chi connectivity index (χ0n) is 8.66. The molecule has 0 aliphatic heterocycles. The minimum absolute atomic E-state index is 0.108. The van der Waals surface area contributed by atoms with Gasteiger partial charge in [-0.05, 0) is 30.5 Å². The molecule has 2 heteroatoms. The van der Waals surface area contributed by atoms with E-state index in [1.165, 1.54) is 0 Å². The molecule has 1 aliphatic rings. The highest BCUT2D eigenvalue weighted by Gasteiger charge is 2.38. The fourth-order valence-corrected chi connectivity index (χ4v) is 1.61. The summed E-state index contributed by atoms with van der Waals surface area (Å²) in [5.41, 5.74) is 1.58. The second kappa shape index (κ2) is 3.78. The summed E-state index contributed by atoms with van der Waals surface area (Å²) in [5, 5.41) is 2.87. The molecule has 1 saturated carbocycles. The number of amides is 1. The van der Waals surface area contributed by atoms with Gasteiger partial charge in [-0.3, -0.25) is 4.79 Å². The van der Waals surface area contributed by atoms with Gasteiger partial charge in [0.25, 0.3) is 0 Å². The molecule has 0 heterocycles. The Bertz CT molecular complexity index is 430. The predicted molar refractivity (Wildman–Crippen MR) is 60.3 cm³/mol. The van der Waals surface area contributed by atoms with Crippen LogP contribution in [0.1, 0.15) is 18.9 Å². The van der Waals surface area contributed by atoms with E-state index in [1.54, 1.807) is 0 Å². The summed E-state index contributed by atoms with van der Waals surface area (Å²) in [4.78, 5) is 11.6. The average Bonchev–Trinajstić information content (AvgIpc) is 2.96. The molecule has 2 nitrogen and oxygen atoms in total. The molecule has 1 fully saturated rings. The molecule has 76 valence electrons. The standard InChI is InChI=1S/C13H13NO/c1-3-10-5-4-6-11(8-10)14-13(15)12-7-9(12)2/h1,4-6,8-9,12H,7H2,2H3,(H,14,15). The second-order valence-electron chi connectivity index (χ2n) is 4.03. The van der Waals surface area contributed by atoms with Crippen LogP contribution in [0.25, 0.3) is 0 Å². The number of hydrogen-bond acceptors (Lipinski definition) is 1. The molecule has 0 bridgehead atoms. The topological polar surface area (TPSA) is 29.1 Å². The van der Waals surface area contributed by atoms with Crippen LogP contribution in [0.15, 0.2) is 24.3 Å². The van der Waals surface area contributed by atoms with Crippen LogP contribution in [0.5, 0.6) is 0 Å². The van der Waals surface area contributed by atoms with E-state index in [-0.39, 0.29) is 11.8 Å². The summed E-state index contributed by atoms with van der Waals surface area (Å²) in [6.45, 7) is 2.09. The van der Waals surface area contributed by atoms with Crippen LogP contribution < -0.4 is 5.32 Å². The van der Waals surface area contributed by atoms with Crippen molar-refractivity contribution in [1.29, 1.82) is 0 Å². The van der Waals surface area contributed by atoms with Crippen LogP contribution in [-0.2, 0) is 4.79 Å². The van der Waals surface area contributed by atoms with Gasteiger partial charge in [-0.15, -0.1) is 6.42 Å². The van der Waals surface area contributed by atoms with Gasteiger partial charge in [-0.1, -0.05) is 18.9 Å². The Morgan fingerprint density at radius 1 is 1.60 bits per heavy atom. The third-order valence-electron chi connectivity index (χ3n) is 2.74. The fourth-order valence-electron chi connectivity index (χ4n) is 1.61. The minimum atomic E-state index is 0.108. The normalized spacial score (nSPS) is 22.9. The van der Waals surface area contributed by atoms with E-state index in [4.69, 9.17) is 6.42 Å². The van der Waals surface area contributed by atoms with Crippen molar-refractivity contribution in [3.05, 3.63) is 29.8 Å². The summed E-state index contributed by atoms with van der Waals surface area (Å²) in [5.74, 6) is 3.37. The van der Waals surface area contributed by atoms with Crippen molar-refractivity contribution < 1.29 is 4.79 Å². The van der Waals surface area contributed by atoms with Crippen molar-refractivity contribution in [2.75, 3.05) is 5.32 Å². The number of hydrogen-bond donors (Lipinski definition) is 1. The Hall–Kier alpha value is -1.75. The first-order chi connectivity index (χ1) is 7.20. The van der Waals surface area contributed by atoms with E-state index in [2.05, 4.69) is 18.2 Å². The van der Waals surface area contributed by atoms with E-state index in [0.29, 0.717) is 5.92 Å². The number of benzene rings is 1. The van der Waals surface area contributed by atoms with E-state index in [0.717, 1.165) is 17.7 Å². The van der Waals surface area contributed by atoms with Crippen LogP contribution in [0.2, 0.25) is 0 Å². The zero-order valence-corrected chi connectivity index (χ0v) is 8.66. The summed E-state index contributed by atoms with van der Waals surface area (Å²) in [6, 6.07) is 7.35. The Kier molecular flexibility index (Phi) is 2.47. The van der Waals surface area contributed by atoms with E-state index in [1.807, 2.05) is 24.3 Å². The maximum absolute atomic E-state index is 11.6. The second-order valence-corrected chi connectivity index (χ2v) is 4.03. The SMILES string of the molecule is C#Cc1cccc(NC(=O)C2CC2C)c1. The quantitative estimate of drug-likeness (QED) is 0.727. The first kappa shape index (κ1) is 9.79. The van der Waals surface area contributed by atoms with Gasteiger partial charge in [0, 0.05) is 17.2 Å². The Morgan fingerprint density at radius 3 is 2.93 bits per heavy atom. The van der Waals surface area contributed by atoms with Crippen LogP contribution in [-0.4, -0.2) is 5.91 Å². The smallest absolute Gasteiger partial charge is 0.227 e. The molecule has 0 saturated heterocycles. The largest absolute Gasteiger partial charge is 0.326 e. The first-order valence-corrected chi connectivity index (χ1v) is 5.08. The summed E-state index contributed by atoms with van der Waals surface area (Å²) < 4.78 is 0. The number of anilines is 1. The van der Waals surface area contributed by atoms with Crippen molar-refractivity contribution >= 4 is 11.6 Å². The first-order valence-electron chi connectivity index (χ1n) is 5.08. The van der Waals surface area contributed by atoms with E-state index >= 15 is 0 Å². The van der Waals surface area contributed by atoms with Crippen molar-refractivity contribution in [2.24, 2.45) is 11.8 Å². The van der Waals surface area contributed by atoms with E-state index < -0.39 is 0 Å². The van der Waals surface area contributed by atoms with Gasteiger partial charge in [0.15, 0.2) is 0 Å². The molecule has 0 radical (unpaired) electrons. The molecule has 1 amide bonds. The van der Waals surface area contributed by atoms with Crippen LogP contribution in [0, 0.1) is 24.2 Å². The Labute approximate surface area is 89.7 Å². The molecular weight excluding hydrogens is 186 g/mol. The highest BCUT2D eigenvalue weighted by Crippen LogP contribution is 2.38. The van der Waals surface area contributed by atoms with Gasteiger partial charge >= 0.3 is 0 Å². The van der Waals surface area contributed by atoms with Gasteiger partial charge in [0.05, 0.1) is 0 Å². The monoisotopic (exact) mass is 199 g/mol. The molecule has 2 unspecified atom stereocenters. The minimum Gasteiger partial charge on any atom is -0.326 e. The van der Waals surface area contributed by atoms with Gasteiger partial charge in [0.1, 0.15) is 0 Å². The molecule has 2 atom stereocenters. The Balaban J connectivity index is 2.05. The van der Waals surface area contributed by atoms with Gasteiger partial charge in [-0.2, -0.15) is 0 Å². The van der Waals surface area contributed by atoms with Crippen molar-refractivity contribution in [1.82, 2.24) is 0 Å². The number of rotatable bonds is 2. The molecule has 15 heavy (non-hydrogen) atoms. The maximum Gasteiger partial charge on any atom is 0.227 e. The fraction of sp³-hybridized carbons (Fsp3) is 0.308. The number of carbonyl (C=O) groups is 1. The predicted octanol–water partition coefficient (Wildman–Crippen LogP) is 2.26. The van der Waals surface area contributed by atoms with Crippen molar-refractivity contribution in [3.8, 4) is 12.3 Å². The highest BCUT2D eigenvalue weighted by atomic mass is 16.2. The third-order valence-corrected chi connectivity index (χ3v) is 2.74. The lowest BCUT2D eigenvalue weighted by molar-refractivity contribution is -0.117. The molecule has 0 aromatic heterocycles. The van der Waals surface area contributed by atoms with Crippen molar-refractivity contribution in [3.63, 3.8) is 0 Å². The number of carbonyl (C=O) groups excluding carboxylic acids is 1. The van der Waals surface area contributed by atoms with Gasteiger partial charge in [0.2, 0.25) is 5.91 Å². The third kappa shape index (κ3) is 2.19. The van der Waals surface area contributed by atoms with Crippen LogP contribution in [0.3, 0.4) is 0 Å². The van der Waals surface area contributed by atoms with Gasteiger partial charge < -0.3 is 5.32 Å². The Morgan fingerprint density at radius 2 is 2.33 bits per heavy atom. The molecule has 2 rings (SSSR count). The molecule has 1 aromatic carbocycles. The van der Waals surface area contributed by atoms with Crippen LogP contribution >= 0.6 is 0 Å². The molecule has 1 aliphatic carbocycles. The molecule has 1 aromatic rings. The molecule has 0 spiro atoms. The van der Waals surface area contributed by atoms with E-state index in [9.17, 15) is 4.79 Å².